The molecule has 1 saturated carbocycles. The molecule has 0 spiro atoms. The van der Waals surface area contributed by atoms with Crippen LogP contribution in [-0.2, 0) is 0 Å². The van der Waals surface area contributed by atoms with Crippen molar-refractivity contribution in [3.8, 4) is 0 Å². The summed E-state index contributed by atoms with van der Waals surface area (Å²) in [7, 11) is 0. The van der Waals surface area contributed by atoms with Crippen LogP contribution in [0.15, 0.2) is 18.2 Å². The molecular weight excluding hydrogens is 210 g/mol. The quantitative estimate of drug-likeness (QED) is 0.817. The van der Waals surface area contributed by atoms with E-state index in [9.17, 15) is 13.9 Å². The van der Waals surface area contributed by atoms with Gasteiger partial charge >= 0.3 is 0 Å². The summed E-state index contributed by atoms with van der Waals surface area (Å²) in [4.78, 5) is 0. The lowest BCUT2D eigenvalue weighted by Gasteiger charge is -2.26. The normalized spacial score (nSPS) is 19.7. The van der Waals surface area contributed by atoms with Crippen LogP contribution >= 0.6 is 0 Å². The lowest BCUT2D eigenvalue weighted by atomic mass is 9.83. The Kier molecular flexibility index (Phi) is 3.54. The summed E-state index contributed by atoms with van der Waals surface area (Å²) < 4.78 is 25.8. The van der Waals surface area contributed by atoms with Crippen molar-refractivity contribution >= 4 is 0 Å². The molecule has 2 rings (SSSR count). The van der Waals surface area contributed by atoms with Gasteiger partial charge in [-0.05, 0) is 36.5 Å². The second-order valence-electron chi connectivity index (χ2n) is 4.52. The fraction of sp³-hybridized carbons (Fsp3) is 0.538. The molecule has 0 aliphatic heterocycles. The maximum atomic E-state index is 13.0. The SMILES string of the molecule is OC(c1ccc(F)c(F)c1)C1CCCCC1. The molecule has 0 saturated heterocycles. The van der Waals surface area contributed by atoms with Gasteiger partial charge in [0.2, 0.25) is 0 Å². The van der Waals surface area contributed by atoms with Crippen LogP contribution in [0.1, 0.15) is 43.8 Å². The maximum absolute atomic E-state index is 13.0. The molecule has 1 aromatic rings. The Hall–Kier alpha value is -0.960. The predicted octanol–water partition coefficient (Wildman–Crippen LogP) is 3.58. The van der Waals surface area contributed by atoms with E-state index in [0.717, 1.165) is 37.8 Å². The van der Waals surface area contributed by atoms with Gasteiger partial charge in [0.05, 0.1) is 6.10 Å². The standard InChI is InChI=1S/C13H16F2O/c14-11-7-6-10(8-12(11)15)13(16)9-4-2-1-3-5-9/h6-9,13,16H,1-5H2. The minimum absolute atomic E-state index is 0.193. The third-order valence-electron chi connectivity index (χ3n) is 3.38. The number of rotatable bonds is 2. The molecule has 1 unspecified atom stereocenters. The van der Waals surface area contributed by atoms with E-state index in [1.807, 2.05) is 0 Å². The van der Waals surface area contributed by atoms with E-state index in [-0.39, 0.29) is 5.92 Å². The van der Waals surface area contributed by atoms with Gasteiger partial charge in [-0.25, -0.2) is 8.78 Å². The van der Waals surface area contributed by atoms with Gasteiger partial charge in [0.1, 0.15) is 0 Å². The molecule has 1 N–H and O–H groups in total. The van der Waals surface area contributed by atoms with Gasteiger partial charge in [-0.3, -0.25) is 0 Å². The molecule has 0 heterocycles. The zero-order valence-electron chi connectivity index (χ0n) is 9.13. The van der Waals surface area contributed by atoms with Crippen LogP contribution < -0.4 is 0 Å². The van der Waals surface area contributed by atoms with Gasteiger partial charge in [0.25, 0.3) is 0 Å². The molecule has 0 radical (unpaired) electrons. The highest BCUT2D eigenvalue weighted by Crippen LogP contribution is 2.34. The summed E-state index contributed by atoms with van der Waals surface area (Å²) in [5, 5.41) is 10.1. The van der Waals surface area contributed by atoms with Crippen molar-refractivity contribution in [2.24, 2.45) is 5.92 Å². The van der Waals surface area contributed by atoms with Gasteiger partial charge < -0.3 is 5.11 Å². The van der Waals surface area contributed by atoms with Crippen LogP contribution in [0, 0.1) is 17.6 Å². The van der Waals surface area contributed by atoms with Crippen LogP contribution in [0.5, 0.6) is 0 Å². The van der Waals surface area contributed by atoms with Crippen molar-refractivity contribution < 1.29 is 13.9 Å². The van der Waals surface area contributed by atoms with E-state index in [0.29, 0.717) is 5.56 Å². The van der Waals surface area contributed by atoms with Crippen LogP contribution in [0.4, 0.5) is 8.78 Å². The van der Waals surface area contributed by atoms with E-state index >= 15 is 0 Å². The number of hydrogen-bond acceptors (Lipinski definition) is 1. The molecule has 0 bridgehead atoms. The Morgan fingerprint density at radius 3 is 2.38 bits per heavy atom. The van der Waals surface area contributed by atoms with Crippen LogP contribution in [0.25, 0.3) is 0 Å². The third-order valence-corrected chi connectivity index (χ3v) is 3.38. The first-order valence-electron chi connectivity index (χ1n) is 5.81. The summed E-state index contributed by atoms with van der Waals surface area (Å²) in [6.07, 6.45) is 4.73. The Labute approximate surface area is 94.1 Å². The first-order valence-corrected chi connectivity index (χ1v) is 5.81. The molecule has 1 atom stereocenters. The summed E-state index contributed by atoms with van der Waals surface area (Å²) in [5.74, 6) is -1.55. The van der Waals surface area contributed by atoms with E-state index in [1.54, 1.807) is 0 Å². The minimum atomic E-state index is -0.882. The molecule has 16 heavy (non-hydrogen) atoms. The molecule has 1 aliphatic rings. The number of aliphatic hydroxyl groups excluding tert-OH is 1. The minimum Gasteiger partial charge on any atom is -0.388 e. The van der Waals surface area contributed by atoms with Gasteiger partial charge in [-0.15, -0.1) is 0 Å². The Morgan fingerprint density at radius 1 is 1.06 bits per heavy atom. The molecule has 1 aliphatic carbocycles. The van der Waals surface area contributed by atoms with Crippen molar-refractivity contribution in [3.63, 3.8) is 0 Å². The fourth-order valence-electron chi connectivity index (χ4n) is 2.42. The average molecular weight is 226 g/mol. The molecule has 1 fully saturated rings. The third kappa shape index (κ3) is 2.40. The topological polar surface area (TPSA) is 20.2 Å². The number of aliphatic hydroxyl groups is 1. The zero-order chi connectivity index (χ0) is 11.5. The molecule has 0 aromatic heterocycles. The average Bonchev–Trinajstić information content (AvgIpc) is 2.33. The largest absolute Gasteiger partial charge is 0.388 e. The Bertz CT molecular complexity index is 359. The van der Waals surface area contributed by atoms with Gasteiger partial charge in [-0.2, -0.15) is 0 Å². The Balaban J connectivity index is 2.12. The molecule has 3 heteroatoms. The summed E-state index contributed by atoms with van der Waals surface area (Å²) >= 11 is 0. The van der Waals surface area contributed by atoms with E-state index in [4.69, 9.17) is 0 Å². The highest BCUT2D eigenvalue weighted by Gasteiger charge is 2.23. The second kappa shape index (κ2) is 4.91. The summed E-state index contributed by atoms with van der Waals surface area (Å²) in [6, 6.07) is 3.66. The smallest absolute Gasteiger partial charge is 0.159 e. The maximum Gasteiger partial charge on any atom is 0.159 e. The highest BCUT2D eigenvalue weighted by atomic mass is 19.2. The van der Waals surface area contributed by atoms with Crippen LogP contribution in [0.3, 0.4) is 0 Å². The fourth-order valence-corrected chi connectivity index (χ4v) is 2.42. The van der Waals surface area contributed by atoms with Crippen molar-refractivity contribution in [2.75, 3.05) is 0 Å². The van der Waals surface area contributed by atoms with Crippen LogP contribution in [0.2, 0.25) is 0 Å². The zero-order valence-corrected chi connectivity index (χ0v) is 9.13. The number of halogens is 2. The molecule has 1 nitrogen and oxygen atoms in total. The highest BCUT2D eigenvalue weighted by molar-refractivity contribution is 5.20. The van der Waals surface area contributed by atoms with E-state index in [1.165, 1.54) is 12.5 Å². The van der Waals surface area contributed by atoms with Gasteiger partial charge in [0.15, 0.2) is 11.6 Å². The summed E-state index contributed by atoms with van der Waals surface area (Å²) in [6.45, 7) is 0. The lowest BCUT2D eigenvalue weighted by Crippen LogP contribution is -2.16. The van der Waals surface area contributed by atoms with Crippen molar-refractivity contribution in [3.05, 3.63) is 35.4 Å². The van der Waals surface area contributed by atoms with Crippen molar-refractivity contribution in [1.82, 2.24) is 0 Å². The number of benzene rings is 1. The number of hydrogen-bond donors (Lipinski definition) is 1. The van der Waals surface area contributed by atoms with E-state index in [2.05, 4.69) is 0 Å². The molecular formula is C13H16F2O. The molecule has 0 amide bonds. The second-order valence-corrected chi connectivity index (χ2v) is 4.52. The van der Waals surface area contributed by atoms with Crippen molar-refractivity contribution in [1.29, 1.82) is 0 Å². The lowest BCUT2D eigenvalue weighted by molar-refractivity contribution is 0.0844. The summed E-state index contributed by atoms with van der Waals surface area (Å²) in [5.41, 5.74) is 0.491. The predicted molar refractivity (Wildman–Crippen MR) is 57.9 cm³/mol. The molecule has 88 valence electrons. The van der Waals surface area contributed by atoms with Crippen molar-refractivity contribution in [2.45, 2.75) is 38.2 Å². The van der Waals surface area contributed by atoms with Gasteiger partial charge in [-0.1, -0.05) is 25.3 Å². The monoisotopic (exact) mass is 226 g/mol. The van der Waals surface area contributed by atoms with E-state index < -0.39 is 17.7 Å². The van der Waals surface area contributed by atoms with Gasteiger partial charge in [0, 0.05) is 0 Å². The first kappa shape index (κ1) is 11.5. The van der Waals surface area contributed by atoms with Crippen LogP contribution in [-0.4, -0.2) is 5.11 Å². The first-order chi connectivity index (χ1) is 7.68. The Morgan fingerprint density at radius 2 is 1.75 bits per heavy atom. The molecule has 1 aromatic carbocycles.